The second-order valence-corrected chi connectivity index (χ2v) is 11.6. The Morgan fingerprint density at radius 2 is 1.57 bits per heavy atom. The van der Waals surface area contributed by atoms with Crippen molar-refractivity contribution >= 4 is 43.5 Å². The van der Waals surface area contributed by atoms with Crippen LogP contribution in [0.3, 0.4) is 0 Å². The molecule has 3 rings (SSSR count). The average Bonchev–Trinajstić information content (AvgIpc) is 2.88. The van der Waals surface area contributed by atoms with Crippen LogP contribution in [0.25, 0.3) is 0 Å². The van der Waals surface area contributed by atoms with Gasteiger partial charge in [-0.1, -0.05) is 64.8 Å². The van der Waals surface area contributed by atoms with Gasteiger partial charge >= 0.3 is 0 Å². The smallest absolute Gasteiger partial charge is 0.264 e. The number of carbonyl (C=O) groups is 2. The van der Waals surface area contributed by atoms with E-state index in [1.807, 2.05) is 45.0 Å². The van der Waals surface area contributed by atoms with Gasteiger partial charge in [-0.05, 0) is 67.8 Å². The zero-order chi connectivity index (χ0) is 27.2. The van der Waals surface area contributed by atoms with Crippen LogP contribution in [0.4, 0.5) is 5.69 Å². The number of hydrogen-bond donors (Lipinski definition) is 1. The van der Waals surface area contributed by atoms with E-state index in [0.29, 0.717) is 12.1 Å². The lowest BCUT2D eigenvalue weighted by atomic mass is 10.1. The van der Waals surface area contributed by atoms with Crippen molar-refractivity contribution in [2.24, 2.45) is 0 Å². The summed E-state index contributed by atoms with van der Waals surface area (Å²) in [6.45, 7) is 5.36. The highest BCUT2D eigenvalue weighted by molar-refractivity contribution is 9.10. The van der Waals surface area contributed by atoms with Crippen molar-refractivity contribution in [3.8, 4) is 0 Å². The van der Waals surface area contributed by atoms with Crippen LogP contribution in [0, 0.1) is 13.8 Å². The summed E-state index contributed by atoms with van der Waals surface area (Å²) in [5.74, 6) is -0.779. The minimum Gasteiger partial charge on any atom is -0.357 e. The Bertz CT molecular complexity index is 1340. The van der Waals surface area contributed by atoms with Gasteiger partial charge in [0.05, 0.1) is 10.6 Å². The molecule has 1 atom stereocenters. The molecule has 0 radical (unpaired) electrons. The number of benzene rings is 3. The van der Waals surface area contributed by atoms with Crippen molar-refractivity contribution in [3.63, 3.8) is 0 Å². The van der Waals surface area contributed by atoms with Gasteiger partial charge in [0.15, 0.2) is 0 Å². The van der Waals surface area contributed by atoms with Gasteiger partial charge in [0.2, 0.25) is 11.8 Å². The fourth-order valence-electron chi connectivity index (χ4n) is 4.03. The molecule has 7 nitrogen and oxygen atoms in total. The molecule has 0 aliphatic rings. The summed E-state index contributed by atoms with van der Waals surface area (Å²) in [6.07, 6.45) is 0.375. The number of anilines is 1. The molecule has 0 unspecified atom stereocenters. The maximum absolute atomic E-state index is 13.9. The molecule has 0 heterocycles. The van der Waals surface area contributed by atoms with E-state index < -0.39 is 28.5 Å². The Balaban J connectivity index is 2.06. The first-order valence-corrected chi connectivity index (χ1v) is 14.2. The molecule has 2 amide bonds. The lowest BCUT2D eigenvalue weighted by molar-refractivity contribution is -0.140. The van der Waals surface area contributed by atoms with Crippen LogP contribution in [0.5, 0.6) is 0 Å². The third kappa shape index (κ3) is 6.78. The number of sulfonamides is 1. The molecule has 9 heteroatoms. The summed E-state index contributed by atoms with van der Waals surface area (Å²) >= 11 is 3.38. The van der Waals surface area contributed by atoms with E-state index in [9.17, 15) is 18.0 Å². The number of likely N-dealkylation sites (N-methyl/N-ethyl adjacent to an activating group) is 1. The van der Waals surface area contributed by atoms with Crippen molar-refractivity contribution in [3.05, 3.63) is 94.0 Å². The maximum atomic E-state index is 13.9. The molecular weight excluding hydrogens is 554 g/mol. The number of nitrogens with one attached hydrogen (secondary N) is 1. The van der Waals surface area contributed by atoms with Crippen molar-refractivity contribution in [2.45, 2.75) is 44.7 Å². The van der Waals surface area contributed by atoms with Crippen molar-refractivity contribution in [1.82, 2.24) is 10.2 Å². The van der Waals surface area contributed by atoms with Gasteiger partial charge < -0.3 is 10.2 Å². The highest BCUT2D eigenvalue weighted by Gasteiger charge is 2.33. The first-order valence-electron chi connectivity index (χ1n) is 12.0. The standard InChI is InChI=1S/C28H32BrN3O4S/c1-5-26(28(34)30-4)31(18-22-9-7-6-8-21(22)3)27(33)19-32(24-14-12-23(29)13-15-24)37(35,36)25-16-10-20(2)11-17-25/h6-17,26H,5,18-19H2,1-4H3,(H,30,34)/t26-/m1/s1. The topological polar surface area (TPSA) is 86.8 Å². The third-order valence-electron chi connectivity index (χ3n) is 6.24. The number of carbonyl (C=O) groups excluding carboxylic acids is 2. The molecular formula is C28H32BrN3O4S. The van der Waals surface area contributed by atoms with E-state index in [0.717, 1.165) is 25.5 Å². The molecule has 0 saturated carbocycles. The number of hydrogen-bond acceptors (Lipinski definition) is 4. The lowest BCUT2D eigenvalue weighted by Crippen LogP contribution is -2.51. The molecule has 0 aliphatic heterocycles. The third-order valence-corrected chi connectivity index (χ3v) is 8.55. The second kappa shape index (κ2) is 12.4. The number of rotatable bonds is 10. The van der Waals surface area contributed by atoms with E-state index >= 15 is 0 Å². The molecule has 0 fully saturated rings. The van der Waals surface area contributed by atoms with Crippen LogP contribution in [-0.4, -0.2) is 44.8 Å². The van der Waals surface area contributed by atoms with Gasteiger partial charge in [0.1, 0.15) is 12.6 Å². The van der Waals surface area contributed by atoms with E-state index in [2.05, 4.69) is 21.2 Å². The minimum absolute atomic E-state index is 0.0811. The molecule has 3 aromatic carbocycles. The summed E-state index contributed by atoms with van der Waals surface area (Å²) in [7, 11) is -2.56. The second-order valence-electron chi connectivity index (χ2n) is 8.79. The van der Waals surface area contributed by atoms with Gasteiger partial charge in [0.25, 0.3) is 10.0 Å². The summed E-state index contributed by atoms with van der Waals surface area (Å²) in [5, 5.41) is 2.63. The van der Waals surface area contributed by atoms with E-state index in [-0.39, 0.29) is 17.3 Å². The lowest BCUT2D eigenvalue weighted by Gasteiger charge is -2.33. The summed E-state index contributed by atoms with van der Waals surface area (Å²) < 4.78 is 29.5. The fourth-order valence-corrected chi connectivity index (χ4v) is 5.71. The Hall–Kier alpha value is -3.17. The van der Waals surface area contributed by atoms with Crippen LogP contribution < -0.4 is 9.62 Å². The van der Waals surface area contributed by atoms with Gasteiger partial charge in [-0.25, -0.2) is 8.42 Å². The SMILES string of the molecule is CC[C@H](C(=O)NC)N(Cc1ccccc1C)C(=O)CN(c1ccc(Br)cc1)S(=O)(=O)c1ccc(C)cc1. The zero-order valence-corrected chi connectivity index (χ0v) is 23.8. The summed E-state index contributed by atoms with van der Waals surface area (Å²) in [5.41, 5.74) is 3.13. The highest BCUT2D eigenvalue weighted by Crippen LogP contribution is 2.26. The van der Waals surface area contributed by atoms with E-state index in [1.165, 1.54) is 24.1 Å². The van der Waals surface area contributed by atoms with Crippen molar-refractivity contribution < 1.29 is 18.0 Å². The Kier molecular flexibility index (Phi) is 9.50. The molecule has 3 aromatic rings. The number of aryl methyl sites for hydroxylation is 2. The molecule has 0 bridgehead atoms. The normalized spacial score (nSPS) is 12.0. The first kappa shape index (κ1) is 28.4. The van der Waals surface area contributed by atoms with Crippen molar-refractivity contribution in [1.29, 1.82) is 0 Å². The maximum Gasteiger partial charge on any atom is 0.264 e. The number of halogens is 1. The summed E-state index contributed by atoms with van der Waals surface area (Å²) in [6, 6.07) is 20.1. The fraction of sp³-hybridized carbons (Fsp3) is 0.286. The Morgan fingerprint density at radius 1 is 0.946 bits per heavy atom. The molecule has 37 heavy (non-hydrogen) atoms. The Morgan fingerprint density at radius 3 is 2.14 bits per heavy atom. The predicted octanol–water partition coefficient (Wildman–Crippen LogP) is 4.81. The van der Waals surface area contributed by atoms with E-state index in [4.69, 9.17) is 0 Å². The molecule has 196 valence electrons. The average molecular weight is 587 g/mol. The molecule has 0 spiro atoms. The molecule has 0 aliphatic carbocycles. The van der Waals surface area contributed by atoms with Crippen molar-refractivity contribution in [2.75, 3.05) is 17.9 Å². The van der Waals surface area contributed by atoms with Gasteiger partial charge in [-0.15, -0.1) is 0 Å². The zero-order valence-electron chi connectivity index (χ0n) is 21.4. The summed E-state index contributed by atoms with van der Waals surface area (Å²) in [4.78, 5) is 28.2. The molecule has 1 N–H and O–H groups in total. The largest absolute Gasteiger partial charge is 0.357 e. The van der Waals surface area contributed by atoms with Crippen LogP contribution in [0.1, 0.15) is 30.0 Å². The monoisotopic (exact) mass is 585 g/mol. The predicted molar refractivity (Wildman–Crippen MR) is 150 cm³/mol. The Labute approximate surface area is 227 Å². The van der Waals surface area contributed by atoms with E-state index in [1.54, 1.807) is 36.4 Å². The highest BCUT2D eigenvalue weighted by atomic mass is 79.9. The van der Waals surface area contributed by atoms with Gasteiger partial charge in [0, 0.05) is 18.1 Å². The molecule has 0 aromatic heterocycles. The van der Waals surface area contributed by atoms with Crippen LogP contribution >= 0.6 is 15.9 Å². The van der Waals surface area contributed by atoms with Crippen LogP contribution in [0.15, 0.2) is 82.2 Å². The molecule has 0 saturated heterocycles. The van der Waals surface area contributed by atoms with Crippen LogP contribution in [-0.2, 0) is 26.2 Å². The van der Waals surface area contributed by atoms with Gasteiger partial charge in [-0.2, -0.15) is 0 Å². The minimum atomic E-state index is -4.08. The van der Waals surface area contributed by atoms with Gasteiger partial charge in [-0.3, -0.25) is 13.9 Å². The van der Waals surface area contributed by atoms with Crippen LogP contribution in [0.2, 0.25) is 0 Å². The first-order chi connectivity index (χ1) is 17.6. The quantitative estimate of drug-likeness (QED) is 0.370. The number of amides is 2. The number of nitrogens with zero attached hydrogens (tertiary/aromatic N) is 2.